The third-order valence-electron chi connectivity index (χ3n) is 10.4. The molecule has 0 saturated carbocycles. The smallest absolute Gasteiger partial charge is 0.391 e. The van der Waals surface area contributed by atoms with Crippen molar-refractivity contribution < 1.29 is 32.9 Å². The Kier molecular flexibility index (Phi) is 35.8. The molecule has 0 aromatic carbocycles. The van der Waals surface area contributed by atoms with Crippen LogP contribution in [-0.4, -0.2) is 73.4 Å². The molecule has 0 rings (SSSR count). The molecular formula is C43H90N2O6P+. The number of rotatable bonds is 41. The third-order valence-corrected chi connectivity index (χ3v) is 11.3. The van der Waals surface area contributed by atoms with Crippen molar-refractivity contribution in [2.45, 2.75) is 231 Å². The van der Waals surface area contributed by atoms with Crippen LogP contribution in [0.1, 0.15) is 219 Å². The molecule has 0 aliphatic rings. The van der Waals surface area contributed by atoms with Gasteiger partial charge in [0.2, 0.25) is 5.91 Å². The molecular weight excluding hydrogens is 671 g/mol. The molecule has 1 amide bonds. The highest BCUT2D eigenvalue weighted by atomic mass is 31.2. The largest absolute Gasteiger partial charge is 0.472 e. The lowest BCUT2D eigenvalue weighted by Crippen LogP contribution is -2.46. The summed E-state index contributed by atoms with van der Waals surface area (Å²) in [5.41, 5.74) is 0. The van der Waals surface area contributed by atoms with Crippen LogP contribution >= 0.6 is 7.82 Å². The number of aliphatic hydroxyl groups is 1. The number of phosphoric acid groups is 1. The summed E-state index contributed by atoms with van der Waals surface area (Å²) in [6.45, 7) is 4.90. The van der Waals surface area contributed by atoms with Crippen molar-refractivity contribution in [1.29, 1.82) is 0 Å². The Bertz CT molecular complexity index is 824. The van der Waals surface area contributed by atoms with E-state index in [1.165, 1.54) is 154 Å². The fourth-order valence-corrected chi connectivity index (χ4v) is 7.49. The van der Waals surface area contributed by atoms with Crippen LogP contribution in [0.4, 0.5) is 0 Å². The van der Waals surface area contributed by atoms with Crippen LogP contribution in [0.5, 0.6) is 0 Å². The molecule has 3 unspecified atom stereocenters. The molecule has 9 heteroatoms. The van der Waals surface area contributed by atoms with Gasteiger partial charge >= 0.3 is 7.82 Å². The third kappa shape index (κ3) is 37.8. The second-order valence-corrected chi connectivity index (χ2v) is 18.2. The Morgan fingerprint density at radius 3 is 1.29 bits per heavy atom. The summed E-state index contributed by atoms with van der Waals surface area (Å²) < 4.78 is 23.6. The van der Waals surface area contributed by atoms with E-state index in [1.807, 2.05) is 21.1 Å². The molecule has 3 atom stereocenters. The molecule has 0 saturated heterocycles. The van der Waals surface area contributed by atoms with Gasteiger partial charge in [-0.3, -0.25) is 13.8 Å². The van der Waals surface area contributed by atoms with Gasteiger partial charge in [0.15, 0.2) is 0 Å². The minimum atomic E-state index is -4.30. The number of likely N-dealkylation sites (N-methyl/N-ethyl adjacent to an activating group) is 1. The molecule has 0 radical (unpaired) electrons. The van der Waals surface area contributed by atoms with Gasteiger partial charge in [-0.05, 0) is 12.8 Å². The Morgan fingerprint density at radius 1 is 0.577 bits per heavy atom. The lowest BCUT2D eigenvalue weighted by atomic mass is 10.0. The van der Waals surface area contributed by atoms with Gasteiger partial charge in [-0.15, -0.1) is 0 Å². The van der Waals surface area contributed by atoms with Crippen molar-refractivity contribution in [3.8, 4) is 0 Å². The number of nitrogens with zero attached hydrogens (tertiary/aromatic N) is 1. The monoisotopic (exact) mass is 762 g/mol. The number of unbranched alkanes of at least 4 members (excludes halogenated alkanes) is 28. The lowest BCUT2D eigenvalue weighted by molar-refractivity contribution is -0.870. The van der Waals surface area contributed by atoms with Crippen LogP contribution in [0.25, 0.3) is 0 Å². The first-order valence-corrected chi connectivity index (χ1v) is 23.9. The van der Waals surface area contributed by atoms with Gasteiger partial charge in [0.05, 0.1) is 39.9 Å². The first-order valence-electron chi connectivity index (χ1n) is 22.4. The van der Waals surface area contributed by atoms with Crippen LogP contribution in [0.15, 0.2) is 0 Å². The average Bonchev–Trinajstić information content (AvgIpc) is 3.09. The highest BCUT2D eigenvalue weighted by molar-refractivity contribution is 7.47. The zero-order valence-electron chi connectivity index (χ0n) is 35.3. The number of hydrogen-bond donors (Lipinski definition) is 3. The van der Waals surface area contributed by atoms with Gasteiger partial charge in [-0.2, -0.15) is 0 Å². The lowest BCUT2D eigenvalue weighted by Gasteiger charge is -2.26. The molecule has 8 nitrogen and oxygen atoms in total. The quantitative estimate of drug-likeness (QED) is 0.0325. The molecule has 0 bridgehead atoms. The van der Waals surface area contributed by atoms with E-state index in [1.54, 1.807) is 0 Å². The number of hydrogen-bond acceptors (Lipinski definition) is 5. The van der Waals surface area contributed by atoms with Gasteiger partial charge < -0.3 is 19.8 Å². The zero-order valence-corrected chi connectivity index (χ0v) is 36.2. The number of carbonyl (C=O) groups is 1. The maximum atomic E-state index is 12.9. The number of quaternary nitrogens is 1. The van der Waals surface area contributed by atoms with E-state index in [-0.39, 0.29) is 19.1 Å². The van der Waals surface area contributed by atoms with Crippen molar-refractivity contribution in [3.63, 3.8) is 0 Å². The molecule has 3 N–H and O–H groups in total. The molecule has 0 spiro atoms. The highest BCUT2D eigenvalue weighted by Gasteiger charge is 2.28. The van der Waals surface area contributed by atoms with Gasteiger partial charge in [-0.1, -0.05) is 200 Å². The zero-order chi connectivity index (χ0) is 38.6. The summed E-state index contributed by atoms with van der Waals surface area (Å²) in [6, 6.07) is -0.752. The number of nitrogens with one attached hydrogen (secondary N) is 1. The molecule has 0 aromatic rings. The molecule has 0 aliphatic heterocycles. The van der Waals surface area contributed by atoms with Crippen molar-refractivity contribution in [1.82, 2.24) is 5.32 Å². The number of amides is 1. The first kappa shape index (κ1) is 51.5. The van der Waals surface area contributed by atoms with Crippen LogP contribution in [0.3, 0.4) is 0 Å². The minimum Gasteiger partial charge on any atom is -0.391 e. The second-order valence-electron chi connectivity index (χ2n) is 16.8. The van der Waals surface area contributed by atoms with E-state index >= 15 is 0 Å². The van der Waals surface area contributed by atoms with E-state index in [0.29, 0.717) is 23.9 Å². The fourth-order valence-electron chi connectivity index (χ4n) is 6.75. The molecule has 0 heterocycles. The molecule has 0 fully saturated rings. The van der Waals surface area contributed by atoms with E-state index in [9.17, 15) is 19.4 Å². The summed E-state index contributed by atoms with van der Waals surface area (Å²) in [6.07, 6.45) is 38.3. The number of aliphatic hydroxyl groups excluding tert-OH is 1. The Hall–Kier alpha value is -0.500. The Morgan fingerprint density at radius 2 is 0.923 bits per heavy atom. The van der Waals surface area contributed by atoms with Crippen molar-refractivity contribution >= 4 is 13.7 Å². The molecule has 312 valence electrons. The van der Waals surface area contributed by atoms with Crippen LogP contribution in [0, 0.1) is 0 Å². The molecule has 0 aliphatic carbocycles. The predicted octanol–water partition coefficient (Wildman–Crippen LogP) is 12.2. The second kappa shape index (κ2) is 36.2. The van der Waals surface area contributed by atoms with Crippen molar-refractivity contribution in [2.75, 3.05) is 40.9 Å². The predicted molar refractivity (Wildman–Crippen MR) is 222 cm³/mol. The SMILES string of the molecule is CCCCCCCCCCCCCCCCCCCC(O)C(COP(=O)(O)OCC[N+](C)(C)C)NC(=O)CCCCCCCCCCCCCCC. The van der Waals surface area contributed by atoms with Gasteiger partial charge in [-0.25, -0.2) is 4.57 Å². The first-order chi connectivity index (χ1) is 25.0. The van der Waals surface area contributed by atoms with Gasteiger partial charge in [0.25, 0.3) is 0 Å². The topological polar surface area (TPSA) is 105 Å². The highest BCUT2D eigenvalue weighted by Crippen LogP contribution is 2.43. The normalized spacial score (nSPS) is 14.4. The standard InChI is InChI=1S/C43H89N2O6P/c1-6-8-10-12-14-16-18-20-21-22-23-25-26-28-30-32-34-36-42(46)41(40-51-52(48,49)50-39-38-45(3,4)5)44-43(47)37-35-33-31-29-27-24-19-17-15-13-11-9-7-2/h41-42,46H,6-40H2,1-5H3,(H-,44,47,48,49)/p+1. The summed E-state index contributed by atoms with van der Waals surface area (Å²) in [5, 5.41) is 14.0. The van der Waals surface area contributed by atoms with E-state index in [2.05, 4.69) is 19.2 Å². The van der Waals surface area contributed by atoms with E-state index in [0.717, 1.165) is 38.5 Å². The molecule has 52 heavy (non-hydrogen) atoms. The van der Waals surface area contributed by atoms with Crippen LogP contribution in [-0.2, 0) is 18.4 Å². The minimum absolute atomic E-state index is 0.0785. The van der Waals surface area contributed by atoms with Crippen molar-refractivity contribution in [2.24, 2.45) is 0 Å². The van der Waals surface area contributed by atoms with E-state index < -0.39 is 20.0 Å². The number of carbonyl (C=O) groups excluding carboxylic acids is 1. The average molecular weight is 762 g/mol. The number of phosphoric ester groups is 1. The van der Waals surface area contributed by atoms with Crippen LogP contribution in [0.2, 0.25) is 0 Å². The molecule has 0 aromatic heterocycles. The van der Waals surface area contributed by atoms with E-state index in [4.69, 9.17) is 9.05 Å². The summed E-state index contributed by atoms with van der Waals surface area (Å²) in [7, 11) is 1.63. The summed E-state index contributed by atoms with van der Waals surface area (Å²) >= 11 is 0. The maximum absolute atomic E-state index is 12.9. The Balaban J connectivity index is 4.33. The van der Waals surface area contributed by atoms with Crippen LogP contribution < -0.4 is 5.32 Å². The van der Waals surface area contributed by atoms with Gasteiger partial charge in [0.1, 0.15) is 13.2 Å². The van der Waals surface area contributed by atoms with Crippen molar-refractivity contribution in [3.05, 3.63) is 0 Å². The summed E-state index contributed by atoms with van der Waals surface area (Å²) in [4.78, 5) is 23.1. The summed E-state index contributed by atoms with van der Waals surface area (Å²) in [5.74, 6) is -0.142. The van der Waals surface area contributed by atoms with Gasteiger partial charge in [0, 0.05) is 6.42 Å². The maximum Gasteiger partial charge on any atom is 0.472 e. The Labute approximate surface area is 323 Å². The fraction of sp³-hybridized carbons (Fsp3) is 0.977.